The van der Waals surface area contributed by atoms with E-state index in [9.17, 15) is 9.59 Å². The van der Waals surface area contributed by atoms with E-state index < -0.39 is 18.1 Å². The molecule has 0 unspecified atom stereocenters. The molecular weight excluding hydrogens is 376 g/mol. The summed E-state index contributed by atoms with van der Waals surface area (Å²) in [5.74, 6) is 0.641. The molecule has 1 aromatic carbocycles. The number of primary amides is 1. The van der Waals surface area contributed by atoms with Crippen molar-refractivity contribution in [3.8, 4) is 23.4 Å². The van der Waals surface area contributed by atoms with E-state index in [1.165, 1.54) is 6.20 Å². The molecule has 0 aliphatic heterocycles. The first-order valence-corrected chi connectivity index (χ1v) is 8.94. The minimum absolute atomic E-state index is 0.0936. The third-order valence-electron chi connectivity index (χ3n) is 3.58. The molecule has 2 rings (SSSR count). The Balaban J connectivity index is 2.06. The number of pyridine rings is 1. The molecule has 0 aliphatic carbocycles. The second kappa shape index (κ2) is 9.94. The summed E-state index contributed by atoms with van der Waals surface area (Å²) in [7, 11) is 0. The van der Waals surface area contributed by atoms with Crippen molar-refractivity contribution >= 4 is 17.7 Å². The number of carbonyl (C=O) groups excluding carboxylic acids is 2. The molecule has 9 heteroatoms. The number of nitriles is 1. The van der Waals surface area contributed by atoms with Crippen molar-refractivity contribution in [1.29, 1.82) is 5.26 Å². The summed E-state index contributed by atoms with van der Waals surface area (Å²) >= 11 is 0. The van der Waals surface area contributed by atoms with Crippen molar-refractivity contribution in [3.05, 3.63) is 42.1 Å². The summed E-state index contributed by atoms with van der Waals surface area (Å²) < 4.78 is 16.0. The second-order valence-corrected chi connectivity index (χ2v) is 6.25. The fraction of sp³-hybridized carbons (Fsp3) is 0.300. The highest BCUT2D eigenvalue weighted by Crippen LogP contribution is 2.28. The summed E-state index contributed by atoms with van der Waals surface area (Å²) in [6.07, 6.45) is -0.412. The number of carbonyl (C=O) groups is 2. The number of ether oxygens (including phenoxy) is 3. The molecule has 0 bridgehead atoms. The van der Waals surface area contributed by atoms with Crippen LogP contribution in [0, 0.1) is 11.3 Å². The van der Waals surface area contributed by atoms with E-state index in [4.69, 9.17) is 25.2 Å². The number of aromatic nitrogens is 1. The number of hydrogen-bond donors (Lipinski definition) is 2. The van der Waals surface area contributed by atoms with Crippen LogP contribution in [0.3, 0.4) is 0 Å². The molecule has 3 N–H and O–H groups in total. The Hall–Kier alpha value is -3.80. The van der Waals surface area contributed by atoms with Crippen LogP contribution in [0.25, 0.3) is 0 Å². The molecule has 29 heavy (non-hydrogen) atoms. The molecule has 0 fully saturated rings. The van der Waals surface area contributed by atoms with Gasteiger partial charge in [-0.05, 0) is 38.5 Å². The van der Waals surface area contributed by atoms with Crippen LogP contribution in [-0.2, 0) is 9.53 Å². The molecule has 1 heterocycles. The van der Waals surface area contributed by atoms with Gasteiger partial charge in [0.2, 0.25) is 5.88 Å². The summed E-state index contributed by atoms with van der Waals surface area (Å²) in [5, 5.41) is 11.8. The number of nitrogens with two attached hydrogens (primary N) is 1. The Kier molecular flexibility index (Phi) is 7.37. The molecule has 0 radical (unpaired) electrons. The van der Waals surface area contributed by atoms with E-state index in [0.29, 0.717) is 22.7 Å². The van der Waals surface area contributed by atoms with Crippen LogP contribution in [0.2, 0.25) is 0 Å². The average molecular weight is 398 g/mol. The van der Waals surface area contributed by atoms with Crippen LogP contribution in [0.4, 0.5) is 10.5 Å². The predicted molar refractivity (Wildman–Crippen MR) is 105 cm³/mol. The fourth-order valence-electron chi connectivity index (χ4n) is 2.33. The Labute approximate surface area is 168 Å². The van der Waals surface area contributed by atoms with E-state index in [1.54, 1.807) is 37.3 Å². The Morgan fingerprint density at radius 1 is 1.28 bits per heavy atom. The highest BCUT2D eigenvalue weighted by molar-refractivity contribution is 5.95. The molecule has 9 nitrogen and oxygen atoms in total. The minimum Gasteiger partial charge on any atom is -0.489 e. The average Bonchev–Trinajstić information content (AvgIpc) is 2.67. The fourth-order valence-corrected chi connectivity index (χ4v) is 2.33. The van der Waals surface area contributed by atoms with Crippen LogP contribution >= 0.6 is 0 Å². The van der Waals surface area contributed by atoms with Gasteiger partial charge >= 0.3 is 6.09 Å². The van der Waals surface area contributed by atoms with Crippen molar-refractivity contribution in [1.82, 2.24) is 4.98 Å². The quantitative estimate of drug-likeness (QED) is 0.695. The summed E-state index contributed by atoms with van der Waals surface area (Å²) in [6, 6.07) is 10.1. The number of amides is 2. The zero-order chi connectivity index (χ0) is 21.4. The number of nitrogens with one attached hydrogen (secondary N) is 1. The summed E-state index contributed by atoms with van der Waals surface area (Å²) in [6.45, 7) is 5.42. The highest BCUT2D eigenvalue weighted by atomic mass is 16.6. The van der Waals surface area contributed by atoms with Gasteiger partial charge in [-0.1, -0.05) is 6.92 Å². The summed E-state index contributed by atoms with van der Waals surface area (Å²) in [4.78, 5) is 27.1. The monoisotopic (exact) mass is 398 g/mol. The number of anilines is 1. The lowest BCUT2D eigenvalue weighted by Crippen LogP contribution is -2.33. The third kappa shape index (κ3) is 6.39. The number of benzene rings is 1. The van der Waals surface area contributed by atoms with E-state index in [2.05, 4.69) is 16.4 Å². The van der Waals surface area contributed by atoms with Gasteiger partial charge in [0.15, 0.2) is 6.10 Å². The molecule has 152 valence electrons. The van der Waals surface area contributed by atoms with Crippen LogP contribution in [-0.4, -0.2) is 29.2 Å². The number of hydrogen-bond acceptors (Lipinski definition) is 7. The summed E-state index contributed by atoms with van der Waals surface area (Å²) in [5.41, 5.74) is 5.76. The van der Waals surface area contributed by atoms with Crippen LogP contribution in [0.5, 0.6) is 17.4 Å². The number of rotatable bonds is 8. The highest BCUT2D eigenvalue weighted by Gasteiger charge is 2.20. The van der Waals surface area contributed by atoms with Crippen molar-refractivity contribution in [3.63, 3.8) is 0 Å². The zero-order valence-electron chi connectivity index (χ0n) is 16.3. The van der Waals surface area contributed by atoms with Crippen molar-refractivity contribution < 1.29 is 23.8 Å². The first-order valence-electron chi connectivity index (χ1n) is 8.94. The normalized spacial score (nSPS) is 11.3. The predicted octanol–water partition coefficient (Wildman–Crippen LogP) is 3.35. The molecule has 0 spiro atoms. The third-order valence-corrected chi connectivity index (χ3v) is 3.58. The maximum Gasteiger partial charge on any atom is 0.405 e. The van der Waals surface area contributed by atoms with Gasteiger partial charge in [-0.2, -0.15) is 5.26 Å². The first-order chi connectivity index (χ1) is 13.8. The minimum atomic E-state index is -1.02. The zero-order valence-corrected chi connectivity index (χ0v) is 16.3. The molecule has 2 amide bonds. The molecule has 1 atom stereocenters. The van der Waals surface area contributed by atoms with Crippen molar-refractivity contribution in [2.75, 3.05) is 5.32 Å². The van der Waals surface area contributed by atoms with Gasteiger partial charge in [-0.15, -0.1) is 0 Å². The van der Waals surface area contributed by atoms with Gasteiger partial charge in [0.25, 0.3) is 5.91 Å². The molecule has 0 saturated carbocycles. The van der Waals surface area contributed by atoms with Gasteiger partial charge in [0.1, 0.15) is 17.6 Å². The standard InChI is InChI=1S/C20H22N4O5/c1-4-16(29-20(22)26)19(25)24-14-6-8-18(23-11-14)28-15-7-5-13(10-21)17(9-15)27-12(2)3/h5-9,11-12,16H,4H2,1-3H3,(H2,22,26)(H,24,25)/t16-/m1/s1. The molecule has 0 saturated heterocycles. The Morgan fingerprint density at radius 2 is 2.03 bits per heavy atom. The SMILES string of the molecule is CC[C@@H](OC(N)=O)C(=O)Nc1ccc(Oc2ccc(C#N)c(OC(C)C)c2)nc1. The van der Waals surface area contributed by atoms with E-state index in [-0.39, 0.29) is 18.4 Å². The lowest BCUT2D eigenvalue weighted by Gasteiger charge is -2.15. The van der Waals surface area contributed by atoms with Gasteiger partial charge in [-0.25, -0.2) is 9.78 Å². The van der Waals surface area contributed by atoms with Gasteiger partial charge in [0, 0.05) is 12.1 Å². The van der Waals surface area contributed by atoms with Crippen LogP contribution in [0.15, 0.2) is 36.5 Å². The molecule has 2 aromatic rings. The topological polar surface area (TPSA) is 137 Å². The second-order valence-electron chi connectivity index (χ2n) is 6.25. The molecule has 0 aliphatic rings. The van der Waals surface area contributed by atoms with Gasteiger partial charge in [-0.3, -0.25) is 4.79 Å². The molecular formula is C20H22N4O5. The van der Waals surface area contributed by atoms with Gasteiger partial charge in [0.05, 0.1) is 23.6 Å². The van der Waals surface area contributed by atoms with Gasteiger partial charge < -0.3 is 25.3 Å². The number of nitrogens with zero attached hydrogens (tertiary/aromatic N) is 2. The van der Waals surface area contributed by atoms with E-state index in [1.807, 2.05) is 13.8 Å². The van der Waals surface area contributed by atoms with Crippen LogP contribution < -0.4 is 20.5 Å². The Morgan fingerprint density at radius 3 is 2.59 bits per heavy atom. The maximum atomic E-state index is 12.1. The lowest BCUT2D eigenvalue weighted by molar-refractivity contribution is -0.124. The lowest BCUT2D eigenvalue weighted by atomic mass is 10.2. The largest absolute Gasteiger partial charge is 0.489 e. The molecule has 1 aromatic heterocycles. The van der Waals surface area contributed by atoms with Crippen molar-refractivity contribution in [2.45, 2.75) is 39.4 Å². The van der Waals surface area contributed by atoms with Crippen LogP contribution in [0.1, 0.15) is 32.8 Å². The Bertz CT molecular complexity index is 906. The van der Waals surface area contributed by atoms with E-state index in [0.717, 1.165) is 0 Å². The van der Waals surface area contributed by atoms with E-state index >= 15 is 0 Å². The smallest absolute Gasteiger partial charge is 0.405 e. The maximum absolute atomic E-state index is 12.1. The van der Waals surface area contributed by atoms with Crippen molar-refractivity contribution in [2.24, 2.45) is 5.73 Å². The first kappa shape index (κ1) is 21.5.